The summed E-state index contributed by atoms with van der Waals surface area (Å²) >= 11 is 0. The summed E-state index contributed by atoms with van der Waals surface area (Å²) in [6, 6.07) is 0. The fourth-order valence-electron chi connectivity index (χ4n) is 2.24. The first kappa shape index (κ1) is 13.6. The Kier molecular flexibility index (Phi) is 5.02. The minimum absolute atomic E-state index is 0.200. The lowest BCUT2D eigenvalue weighted by molar-refractivity contribution is -0.148. The van der Waals surface area contributed by atoms with E-state index in [9.17, 15) is 14.7 Å². The lowest BCUT2D eigenvalue weighted by atomic mass is 9.90. The molecule has 0 aliphatic heterocycles. The van der Waals surface area contributed by atoms with E-state index in [1.807, 2.05) is 0 Å². The molecule has 0 spiro atoms. The van der Waals surface area contributed by atoms with E-state index < -0.39 is 11.5 Å². The maximum absolute atomic E-state index is 11.6. The summed E-state index contributed by atoms with van der Waals surface area (Å²) in [4.78, 5) is 23.0. The highest BCUT2D eigenvalue weighted by Crippen LogP contribution is 2.27. The average molecular weight is 237 g/mol. The number of nitrogens with one attached hydrogen (secondary N) is 1. The molecule has 2 N–H and O–H groups in total. The Morgan fingerprint density at radius 2 is 1.82 bits per heavy atom. The summed E-state index contributed by atoms with van der Waals surface area (Å²) in [6.07, 6.45) is 10.4. The second-order valence-electron chi connectivity index (χ2n) is 4.55. The largest absolute Gasteiger partial charge is 0.480 e. The maximum atomic E-state index is 11.6. The first-order chi connectivity index (χ1) is 8.10. The van der Waals surface area contributed by atoms with Gasteiger partial charge in [-0.2, -0.15) is 0 Å². The van der Waals surface area contributed by atoms with Gasteiger partial charge in [0.15, 0.2) is 0 Å². The molecule has 4 heteroatoms. The molecule has 0 atom stereocenters. The third-order valence-corrected chi connectivity index (χ3v) is 3.24. The lowest BCUT2D eigenvalue weighted by Gasteiger charge is -2.29. The highest BCUT2D eigenvalue weighted by Gasteiger charge is 2.39. The van der Waals surface area contributed by atoms with Gasteiger partial charge in [0.2, 0.25) is 5.91 Å². The first-order valence-corrected chi connectivity index (χ1v) is 6.08. The SMILES string of the molecule is C#CCCC(=O)NC1(C(=O)O)CCCCCC1. The van der Waals surface area contributed by atoms with E-state index in [1.165, 1.54) is 0 Å². The van der Waals surface area contributed by atoms with Gasteiger partial charge in [-0.25, -0.2) is 4.79 Å². The zero-order valence-corrected chi connectivity index (χ0v) is 10.00. The number of carboxylic acids is 1. The van der Waals surface area contributed by atoms with Crippen molar-refractivity contribution < 1.29 is 14.7 Å². The molecule has 17 heavy (non-hydrogen) atoms. The number of hydrogen-bond acceptors (Lipinski definition) is 2. The van der Waals surface area contributed by atoms with Crippen LogP contribution < -0.4 is 5.32 Å². The summed E-state index contributed by atoms with van der Waals surface area (Å²) < 4.78 is 0. The number of aliphatic carboxylic acids is 1. The average Bonchev–Trinajstić information content (AvgIpc) is 2.53. The molecule has 0 heterocycles. The molecule has 1 fully saturated rings. The van der Waals surface area contributed by atoms with Gasteiger partial charge in [-0.05, 0) is 12.8 Å². The van der Waals surface area contributed by atoms with Crippen molar-refractivity contribution in [2.75, 3.05) is 0 Å². The van der Waals surface area contributed by atoms with Crippen molar-refractivity contribution in [3.63, 3.8) is 0 Å². The zero-order chi connectivity index (χ0) is 12.7. The van der Waals surface area contributed by atoms with Crippen molar-refractivity contribution in [3.05, 3.63) is 0 Å². The Labute approximate surface area is 102 Å². The molecule has 1 saturated carbocycles. The quantitative estimate of drug-likeness (QED) is 0.577. The Morgan fingerprint density at radius 1 is 1.24 bits per heavy atom. The van der Waals surface area contributed by atoms with Gasteiger partial charge in [0.25, 0.3) is 0 Å². The molecule has 0 saturated heterocycles. The molecule has 94 valence electrons. The van der Waals surface area contributed by atoms with Crippen LogP contribution in [0.4, 0.5) is 0 Å². The molecule has 0 unspecified atom stereocenters. The van der Waals surface area contributed by atoms with E-state index in [1.54, 1.807) is 0 Å². The van der Waals surface area contributed by atoms with E-state index in [0.29, 0.717) is 19.3 Å². The van der Waals surface area contributed by atoms with Gasteiger partial charge in [0.05, 0.1) is 0 Å². The molecule has 0 aromatic carbocycles. The van der Waals surface area contributed by atoms with Crippen LogP contribution in [0.5, 0.6) is 0 Å². The molecule has 0 radical (unpaired) electrons. The number of rotatable bonds is 4. The fraction of sp³-hybridized carbons (Fsp3) is 0.692. The molecule has 1 amide bonds. The number of hydrogen-bond donors (Lipinski definition) is 2. The standard InChI is InChI=1S/C13H19NO3/c1-2-3-8-11(15)14-13(12(16)17)9-6-4-5-7-10-13/h1H,3-10H2,(H,14,15)(H,16,17). The van der Waals surface area contributed by atoms with Crippen molar-refractivity contribution in [2.24, 2.45) is 0 Å². The van der Waals surface area contributed by atoms with Crippen molar-refractivity contribution >= 4 is 11.9 Å². The number of carbonyl (C=O) groups is 2. The summed E-state index contributed by atoms with van der Waals surface area (Å²) in [5.41, 5.74) is -1.07. The normalized spacial score (nSPS) is 18.8. The van der Waals surface area contributed by atoms with Crippen molar-refractivity contribution in [1.82, 2.24) is 5.32 Å². The number of carboxylic acid groups (broad SMARTS) is 1. The van der Waals surface area contributed by atoms with Gasteiger partial charge in [-0.15, -0.1) is 12.3 Å². The van der Waals surface area contributed by atoms with Gasteiger partial charge in [0.1, 0.15) is 5.54 Å². The van der Waals surface area contributed by atoms with E-state index in [2.05, 4.69) is 11.2 Å². The fourth-order valence-corrected chi connectivity index (χ4v) is 2.24. The molecular weight excluding hydrogens is 218 g/mol. The van der Waals surface area contributed by atoms with Gasteiger partial charge < -0.3 is 10.4 Å². The minimum Gasteiger partial charge on any atom is -0.480 e. The van der Waals surface area contributed by atoms with Crippen LogP contribution in [-0.4, -0.2) is 22.5 Å². The molecule has 1 aliphatic carbocycles. The third-order valence-electron chi connectivity index (χ3n) is 3.24. The van der Waals surface area contributed by atoms with Crippen LogP contribution in [-0.2, 0) is 9.59 Å². The van der Waals surface area contributed by atoms with Crippen LogP contribution in [0.15, 0.2) is 0 Å². The van der Waals surface area contributed by atoms with Crippen molar-refractivity contribution in [2.45, 2.75) is 56.9 Å². The smallest absolute Gasteiger partial charge is 0.329 e. The van der Waals surface area contributed by atoms with Crippen LogP contribution in [0.3, 0.4) is 0 Å². The highest BCUT2D eigenvalue weighted by atomic mass is 16.4. The van der Waals surface area contributed by atoms with Crippen LogP contribution >= 0.6 is 0 Å². The number of carbonyl (C=O) groups excluding carboxylic acids is 1. The Hall–Kier alpha value is -1.50. The van der Waals surface area contributed by atoms with E-state index >= 15 is 0 Å². The third kappa shape index (κ3) is 3.77. The van der Waals surface area contributed by atoms with Crippen LogP contribution in [0, 0.1) is 12.3 Å². The molecule has 0 bridgehead atoms. The topological polar surface area (TPSA) is 66.4 Å². The summed E-state index contributed by atoms with van der Waals surface area (Å²) in [6.45, 7) is 0. The van der Waals surface area contributed by atoms with E-state index in [-0.39, 0.29) is 12.3 Å². The summed E-state index contributed by atoms with van der Waals surface area (Å²) in [5, 5.41) is 12.0. The molecule has 0 aromatic rings. The highest BCUT2D eigenvalue weighted by molar-refractivity contribution is 5.87. The minimum atomic E-state index is -1.07. The van der Waals surface area contributed by atoms with Crippen molar-refractivity contribution in [3.8, 4) is 12.3 Å². The van der Waals surface area contributed by atoms with Crippen LogP contribution in [0.25, 0.3) is 0 Å². The Morgan fingerprint density at radius 3 is 2.29 bits per heavy atom. The molecule has 0 aromatic heterocycles. The second-order valence-corrected chi connectivity index (χ2v) is 4.55. The van der Waals surface area contributed by atoms with Gasteiger partial charge in [-0.1, -0.05) is 25.7 Å². The lowest BCUT2D eigenvalue weighted by Crippen LogP contribution is -2.54. The molecular formula is C13H19NO3. The zero-order valence-electron chi connectivity index (χ0n) is 10.00. The van der Waals surface area contributed by atoms with E-state index in [0.717, 1.165) is 25.7 Å². The number of amides is 1. The van der Waals surface area contributed by atoms with Crippen LogP contribution in [0.2, 0.25) is 0 Å². The predicted octanol–water partition coefficient (Wildman–Crippen LogP) is 1.69. The van der Waals surface area contributed by atoms with Crippen molar-refractivity contribution in [1.29, 1.82) is 0 Å². The first-order valence-electron chi connectivity index (χ1n) is 6.08. The molecule has 4 nitrogen and oxygen atoms in total. The summed E-state index contributed by atoms with van der Waals surface area (Å²) in [5.74, 6) is 1.20. The molecule has 1 rings (SSSR count). The number of terminal acetylenes is 1. The molecule has 1 aliphatic rings. The second kappa shape index (κ2) is 6.29. The van der Waals surface area contributed by atoms with Crippen LogP contribution in [0.1, 0.15) is 51.4 Å². The van der Waals surface area contributed by atoms with Gasteiger partial charge in [0, 0.05) is 12.8 Å². The Balaban J connectivity index is 2.67. The van der Waals surface area contributed by atoms with Gasteiger partial charge >= 0.3 is 5.97 Å². The predicted molar refractivity (Wildman–Crippen MR) is 64.3 cm³/mol. The van der Waals surface area contributed by atoms with Gasteiger partial charge in [-0.3, -0.25) is 4.79 Å². The Bertz CT molecular complexity index is 322. The summed E-state index contributed by atoms with van der Waals surface area (Å²) in [7, 11) is 0. The van der Waals surface area contributed by atoms with E-state index in [4.69, 9.17) is 6.42 Å². The maximum Gasteiger partial charge on any atom is 0.329 e. The monoisotopic (exact) mass is 237 g/mol.